The first-order valence-corrected chi connectivity index (χ1v) is 13.0. The lowest BCUT2D eigenvalue weighted by Crippen LogP contribution is -2.46. The SMILES string of the molecule is CCN(C(=O)[C@H](C)OC(=O)c1sc2nc3n(c(=O)c2c1C)CCC3)[C@@H]1CCS(=O)(=O)C1. The molecule has 0 radical (unpaired) electrons. The quantitative estimate of drug-likeness (QED) is 0.609. The Hall–Kier alpha value is -2.27. The molecule has 0 aliphatic carbocycles. The number of esters is 1. The summed E-state index contributed by atoms with van der Waals surface area (Å²) in [5, 5.41) is 0.424. The third kappa shape index (κ3) is 3.89. The summed E-state index contributed by atoms with van der Waals surface area (Å²) in [5.74, 6) is -0.381. The highest BCUT2D eigenvalue weighted by Crippen LogP contribution is 2.29. The van der Waals surface area contributed by atoms with Crippen molar-refractivity contribution in [1.29, 1.82) is 0 Å². The van der Waals surface area contributed by atoms with Gasteiger partial charge in [-0.05, 0) is 39.2 Å². The molecule has 0 aromatic carbocycles. The van der Waals surface area contributed by atoms with Gasteiger partial charge in [-0.1, -0.05) is 0 Å². The summed E-state index contributed by atoms with van der Waals surface area (Å²) in [6, 6.07) is -0.402. The predicted molar refractivity (Wildman–Crippen MR) is 116 cm³/mol. The first-order chi connectivity index (χ1) is 14.6. The molecule has 2 aliphatic rings. The van der Waals surface area contributed by atoms with Crippen molar-refractivity contribution in [1.82, 2.24) is 14.5 Å². The second-order valence-electron chi connectivity index (χ2n) is 8.05. The number of hydrogen-bond acceptors (Lipinski definition) is 8. The Kier molecular flexibility index (Phi) is 5.67. The fourth-order valence-corrected chi connectivity index (χ4v) is 7.19. The number of thiophene rings is 1. The Balaban J connectivity index is 1.54. The Morgan fingerprint density at radius 1 is 1.39 bits per heavy atom. The fraction of sp³-hybridized carbons (Fsp3) is 0.600. The molecule has 168 valence electrons. The van der Waals surface area contributed by atoms with Crippen LogP contribution in [0.25, 0.3) is 10.2 Å². The molecule has 31 heavy (non-hydrogen) atoms. The van der Waals surface area contributed by atoms with Crippen LogP contribution in [-0.4, -0.2) is 64.9 Å². The van der Waals surface area contributed by atoms with E-state index in [9.17, 15) is 22.8 Å². The first kappa shape index (κ1) is 21.9. The minimum absolute atomic E-state index is 0.0586. The number of hydrogen-bond donors (Lipinski definition) is 0. The second-order valence-corrected chi connectivity index (χ2v) is 11.3. The molecule has 2 atom stereocenters. The molecule has 0 N–H and O–H groups in total. The highest BCUT2D eigenvalue weighted by molar-refractivity contribution is 7.91. The molecule has 0 spiro atoms. The van der Waals surface area contributed by atoms with Crippen molar-refractivity contribution in [2.75, 3.05) is 18.1 Å². The van der Waals surface area contributed by atoms with Gasteiger partial charge in [0, 0.05) is 25.6 Å². The van der Waals surface area contributed by atoms with Gasteiger partial charge in [0.15, 0.2) is 15.9 Å². The van der Waals surface area contributed by atoms with Crippen LogP contribution in [0.5, 0.6) is 0 Å². The van der Waals surface area contributed by atoms with Crippen molar-refractivity contribution in [2.24, 2.45) is 0 Å². The fourth-order valence-electron chi connectivity index (χ4n) is 4.38. The Morgan fingerprint density at radius 2 is 2.13 bits per heavy atom. The van der Waals surface area contributed by atoms with E-state index in [1.807, 2.05) is 0 Å². The monoisotopic (exact) mass is 467 g/mol. The molecule has 2 aliphatic heterocycles. The van der Waals surface area contributed by atoms with Gasteiger partial charge in [0.1, 0.15) is 15.5 Å². The van der Waals surface area contributed by atoms with Crippen LogP contribution in [0.4, 0.5) is 0 Å². The van der Waals surface area contributed by atoms with Gasteiger partial charge in [0.05, 0.1) is 16.9 Å². The highest BCUT2D eigenvalue weighted by atomic mass is 32.2. The Labute approximate surface area is 183 Å². The van der Waals surface area contributed by atoms with Crippen molar-refractivity contribution in [3.63, 3.8) is 0 Å². The predicted octanol–water partition coefficient (Wildman–Crippen LogP) is 1.29. The maximum absolute atomic E-state index is 12.9. The third-order valence-electron chi connectivity index (χ3n) is 6.00. The first-order valence-electron chi connectivity index (χ1n) is 10.4. The molecule has 4 heterocycles. The van der Waals surface area contributed by atoms with Gasteiger partial charge in [-0.3, -0.25) is 14.2 Å². The van der Waals surface area contributed by atoms with Crippen LogP contribution >= 0.6 is 11.3 Å². The van der Waals surface area contributed by atoms with Crippen molar-refractivity contribution in [3.8, 4) is 0 Å². The van der Waals surface area contributed by atoms with E-state index < -0.39 is 33.9 Å². The van der Waals surface area contributed by atoms with E-state index in [2.05, 4.69) is 4.98 Å². The summed E-state index contributed by atoms with van der Waals surface area (Å²) in [4.78, 5) is 45.3. The maximum Gasteiger partial charge on any atom is 0.349 e. The zero-order valence-corrected chi connectivity index (χ0v) is 19.3. The number of rotatable bonds is 5. The average molecular weight is 468 g/mol. The van der Waals surface area contributed by atoms with E-state index in [1.54, 1.807) is 18.4 Å². The minimum atomic E-state index is -3.14. The molecule has 1 fully saturated rings. The molecule has 4 rings (SSSR count). The number of ether oxygens (including phenoxy) is 1. The molecule has 11 heteroatoms. The Bertz CT molecular complexity index is 1230. The molecule has 1 amide bonds. The van der Waals surface area contributed by atoms with Gasteiger partial charge >= 0.3 is 5.97 Å². The van der Waals surface area contributed by atoms with E-state index in [0.717, 1.165) is 30.0 Å². The van der Waals surface area contributed by atoms with Crippen LogP contribution in [0, 0.1) is 6.92 Å². The molecule has 0 saturated carbocycles. The van der Waals surface area contributed by atoms with E-state index >= 15 is 0 Å². The zero-order valence-electron chi connectivity index (χ0n) is 17.7. The summed E-state index contributed by atoms with van der Waals surface area (Å²) in [5.41, 5.74) is 0.368. The summed E-state index contributed by atoms with van der Waals surface area (Å²) in [7, 11) is -3.14. The normalized spacial score (nSPS) is 20.5. The molecule has 2 aromatic rings. The number of likely N-dealkylation sites (N-methyl/N-ethyl adjacent to an activating group) is 1. The van der Waals surface area contributed by atoms with E-state index in [1.165, 1.54) is 11.8 Å². The summed E-state index contributed by atoms with van der Waals surface area (Å²) in [6.07, 6.45) is 0.929. The number of aromatic nitrogens is 2. The average Bonchev–Trinajstić information content (AvgIpc) is 3.40. The van der Waals surface area contributed by atoms with Gasteiger partial charge in [0.2, 0.25) is 0 Å². The lowest BCUT2D eigenvalue weighted by molar-refractivity contribution is -0.141. The van der Waals surface area contributed by atoms with Crippen LogP contribution in [-0.2, 0) is 32.3 Å². The number of nitrogens with zero attached hydrogens (tertiary/aromatic N) is 3. The zero-order chi connectivity index (χ0) is 22.5. The number of fused-ring (bicyclic) bond motifs is 2. The lowest BCUT2D eigenvalue weighted by atomic mass is 10.2. The van der Waals surface area contributed by atoms with Crippen LogP contribution in [0.3, 0.4) is 0 Å². The van der Waals surface area contributed by atoms with Crippen LogP contribution in [0.15, 0.2) is 4.79 Å². The molecule has 9 nitrogen and oxygen atoms in total. The van der Waals surface area contributed by atoms with Crippen LogP contribution in [0.1, 0.15) is 47.7 Å². The van der Waals surface area contributed by atoms with Gasteiger partial charge < -0.3 is 9.64 Å². The van der Waals surface area contributed by atoms with Crippen molar-refractivity contribution in [3.05, 3.63) is 26.6 Å². The van der Waals surface area contributed by atoms with E-state index in [4.69, 9.17) is 4.74 Å². The molecule has 0 bridgehead atoms. The van der Waals surface area contributed by atoms with Crippen LogP contribution in [0.2, 0.25) is 0 Å². The number of carbonyl (C=O) groups is 2. The number of aryl methyl sites for hydroxylation is 2. The third-order valence-corrected chi connectivity index (χ3v) is 8.92. The van der Waals surface area contributed by atoms with Gasteiger partial charge in [-0.25, -0.2) is 18.2 Å². The van der Waals surface area contributed by atoms with Gasteiger partial charge in [-0.15, -0.1) is 11.3 Å². The standard InChI is InChI=1S/C20H25N3O6S2/c1-4-22(13-7-9-31(27,28)10-13)18(24)12(3)29-20(26)16-11(2)15-17(30-16)21-14-6-5-8-23(14)19(15)25/h12-13H,4-10H2,1-3H3/t12-,13+/m0/s1. The van der Waals surface area contributed by atoms with Crippen LogP contribution < -0.4 is 5.56 Å². The number of carbonyl (C=O) groups excluding carboxylic acids is 2. The number of amides is 1. The molecular weight excluding hydrogens is 442 g/mol. The topological polar surface area (TPSA) is 116 Å². The summed E-state index contributed by atoms with van der Waals surface area (Å²) in [6.45, 7) is 5.90. The minimum Gasteiger partial charge on any atom is -0.448 e. The van der Waals surface area contributed by atoms with Crippen molar-refractivity contribution in [2.45, 2.75) is 58.7 Å². The summed E-state index contributed by atoms with van der Waals surface area (Å²) >= 11 is 1.10. The number of sulfone groups is 1. The van der Waals surface area contributed by atoms with Crippen molar-refractivity contribution < 1.29 is 22.7 Å². The maximum atomic E-state index is 12.9. The largest absolute Gasteiger partial charge is 0.448 e. The van der Waals surface area contributed by atoms with Gasteiger partial charge in [0.25, 0.3) is 11.5 Å². The van der Waals surface area contributed by atoms with E-state index in [0.29, 0.717) is 35.3 Å². The smallest absolute Gasteiger partial charge is 0.349 e. The van der Waals surface area contributed by atoms with Crippen molar-refractivity contribution >= 4 is 43.3 Å². The second kappa shape index (κ2) is 8.01. The molecule has 0 unspecified atom stereocenters. The van der Waals surface area contributed by atoms with E-state index in [-0.39, 0.29) is 21.9 Å². The molecule has 2 aromatic heterocycles. The lowest BCUT2D eigenvalue weighted by Gasteiger charge is -2.29. The molecule has 1 saturated heterocycles. The highest BCUT2D eigenvalue weighted by Gasteiger charge is 2.36. The Morgan fingerprint density at radius 3 is 2.77 bits per heavy atom. The van der Waals surface area contributed by atoms with Gasteiger partial charge in [-0.2, -0.15) is 0 Å². The molecular formula is C20H25N3O6S2. The summed E-state index contributed by atoms with van der Waals surface area (Å²) < 4.78 is 30.7.